The molecule has 1 N–H and O–H groups in total. The first-order chi connectivity index (χ1) is 10.1. The molecule has 0 saturated heterocycles. The van der Waals surface area contributed by atoms with Crippen LogP contribution in [0.5, 0.6) is 11.5 Å². The number of hydrogen-bond acceptors (Lipinski definition) is 5. The van der Waals surface area contributed by atoms with Crippen LogP contribution in [0.4, 0.5) is 0 Å². The van der Waals surface area contributed by atoms with E-state index in [1.165, 1.54) is 6.07 Å². The molecule has 0 radical (unpaired) electrons. The van der Waals surface area contributed by atoms with E-state index < -0.39 is 13.9 Å². The lowest BCUT2D eigenvalue weighted by Crippen LogP contribution is -2.16. The highest BCUT2D eigenvalue weighted by molar-refractivity contribution is 7.69. The Bertz CT molecular complexity index is 673. The molecule has 0 spiro atoms. The Labute approximate surface area is 122 Å². The van der Waals surface area contributed by atoms with Crippen molar-refractivity contribution in [2.45, 2.75) is 6.92 Å². The highest BCUT2D eigenvalue weighted by Gasteiger charge is 2.53. The smallest absolute Gasteiger partial charge is 0.462 e. The monoisotopic (exact) mass is 305 g/mol. The van der Waals surface area contributed by atoms with Crippen molar-refractivity contribution < 1.29 is 23.5 Å². The summed E-state index contributed by atoms with van der Waals surface area (Å²) in [5.41, 5.74) is 0.362. The average Bonchev–Trinajstić information content (AvgIpc) is 2.85. The fourth-order valence-electron chi connectivity index (χ4n) is 2.00. The molecule has 2 aromatic rings. The number of benzene rings is 2. The van der Waals surface area contributed by atoms with Crippen LogP contribution in [-0.2, 0) is 4.74 Å². The second-order valence-corrected chi connectivity index (χ2v) is 6.34. The molecule has 0 bridgehead atoms. The third-order valence-corrected chi connectivity index (χ3v) is 4.82. The van der Waals surface area contributed by atoms with Crippen molar-refractivity contribution in [1.82, 2.24) is 0 Å². The van der Waals surface area contributed by atoms with Gasteiger partial charge in [-0.1, -0.05) is 18.2 Å². The van der Waals surface area contributed by atoms with E-state index in [1.54, 1.807) is 43.3 Å². The molecule has 0 fully saturated rings. The summed E-state index contributed by atoms with van der Waals surface area (Å²) in [6.07, 6.45) is 0. The van der Waals surface area contributed by atoms with Crippen molar-refractivity contribution in [3.63, 3.8) is 0 Å². The maximum Gasteiger partial charge on any atom is 0.533 e. The lowest BCUT2D eigenvalue weighted by Gasteiger charge is -2.08. The van der Waals surface area contributed by atoms with Gasteiger partial charge in [-0.15, -0.1) is 0 Å². The van der Waals surface area contributed by atoms with Gasteiger partial charge in [0.05, 0.1) is 12.2 Å². The van der Waals surface area contributed by atoms with Gasteiger partial charge in [0.15, 0.2) is 0 Å². The molecule has 0 aromatic heterocycles. The van der Waals surface area contributed by atoms with Crippen molar-refractivity contribution in [2.75, 3.05) is 6.61 Å². The van der Waals surface area contributed by atoms with E-state index in [9.17, 15) is 9.69 Å². The summed E-state index contributed by atoms with van der Waals surface area (Å²) in [6, 6.07) is 13.6. The Morgan fingerprint density at radius 3 is 2.57 bits per heavy atom. The highest BCUT2D eigenvalue weighted by Crippen LogP contribution is 2.63. The first-order valence-electron chi connectivity index (χ1n) is 6.50. The molecule has 0 saturated carbocycles. The number of carbonyl (C=O) groups is 1. The largest absolute Gasteiger partial charge is 0.533 e. The molecule has 5 nitrogen and oxygen atoms in total. The fourth-order valence-corrected chi connectivity index (χ4v) is 3.63. The second-order valence-electron chi connectivity index (χ2n) is 4.42. The first kappa shape index (κ1) is 13.9. The van der Waals surface area contributed by atoms with Crippen LogP contribution in [0.25, 0.3) is 0 Å². The van der Waals surface area contributed by atoms with E-state index in [0.29, 0.717) is 29.0 Å². The normalized spacial score (nSPS) is 19.3. The average molecular weight is 305 g/mol. The molecule has 108 valence electrons. The molecule has 1 atom stereocenters. The quantitative estimate of drug-likeness (QED) is 0.697. The molecule has 1 unspecified atom stereocenters. The van der Waals surface area contributed by atoms with Gasteiger partial charge in [-0.25, -0.2) is 4.79 Å². The molecule has 1 aliphatic heterocycles. The predicted molar refractivity (Wildman–Crippen MR) is 78.9 cm³/mol. The lowest BCUT2D eigenvalue weighted by atomic mass is 10.2. The Kier molecular flexibility index (Phi) is 3.53. The van der Waals surface area contributed by atoms with E-state index in [4.69, 9.17) is 13.8 Å². The molecule has 1 heterocycles. The van der Waals surface area contributed by atoms with Crippen molar-refractivity contribution in [1.29, 1.82) is 0 Å². The van der Waals surface area contributed by atoms with Crippen molar-refractivity contribution in [2.24, 2.45) is 0 Å². The minimum absolute atomic E-state index is 0.300. The minimum Gasteiger partial charge on any atom is -0.462 e. The number of carbonyl (C=O) groups excluding carboxylic acids is 1. The van der Waals surface area contributed by atoms with E-state index in [-0.39, 0.29) is 0 Å². The topological polar surface area (TPSA) is 65.0 Å². The third-order valence-electron chi connectivity index (χ3n) is 2.98. The molecule has 6 heteroatoms. The predicted octanol–water partition coefficient (Wildman–Crippen LogP) is 2.71. The number of hydrogen-bond donors (Lipinski definition) is 1. The number of esters is 1. The van der Waals surface area contributed by atoms with Crippen LogP contribution in [0.15, 0.2) is 48.5 Å². The SMILES string of the molecule is CCOC(=O)c1ccc2c(c1)O[P+](O)(c1ccccc1)O2. The summed E-state index contributed by atoms with van der Waals surface area (Å²) >= 11 is 0. The Morgan fingerprint density at radius 1 is 1.14 bits per heavy atom. The molecule has 3 rings (SSSR count). The maximum atomic E-state index is 11.7. The highest BCUT2D eigenvalue weighted by atomic mass is 31.2. The fraction of sp³-hybridized carbons (Fsp3) is 0.133. The van der Waals surface area contributed by atoms with Gasteiger partial charge in [-0.3, -0.25) is 9.05 Å². The van der Waals surface area contributed by atoms with Crippen LogP contribution in [0.2, 0.25) is 0 Å². The second kappa shape index (κ2) is 5.35. The first-order valence-corrected chi connectivity index (χ1v) is 8.08. The maximum absolute atomic E-state index is 11.7. The lowest BCUT2D eigenvalue weighted by molar-refractivity contribution is 0.0526. The van der Waals surface area contributed by atoms with E-state index in [0.717, 1.165) is 0 Å². The third kappa shape index (κ3) is 2.58. The van der Waals surface area contributed by atoms with Crippen molar-refractivity contribution >= 4 is 19.2 Å². The summed E-state index contributed by atoms with van der Waals surface area (Å²) in [6.45, 7) is 2.04. The summed E-state index contributed by atoms with van der Waals surface area (Å²) < 4.78 is 16.1. The van der Waals surface area contributed by atoms with Gasteiger partial charge in [0.2, 0.25) is 16.8 Å². The summed E-state index contributed by atoms with van der Waals surface area (Å²) in [7, 11) is -3.17. The van der Waals surface area contributed by atoms with Crippen LogP contribution >= 0.6 is 7.94 Å². The molecule has 2 aromatic carbocycles. The number of fused-ring (bicyclic) bond motifs is 1. The molecule has 1 aliphatic rings. The van der Waals surface area contributed by atoms with Crippen LogP contribution in [-0.4, -0.2) is 17.5 Å². The summed E-state index contributed by atoms with van der Waals surface area (Å²) in [5, 5.41) is 0.582. The zero-order chi connectivity index (χ0) is 14.9. The van der Waals surface area contributed by atoms with Gasteiger partial charge in [-0.2, -0.15) is 4.89 Å². The molecule has 0 amide bonds. The number of ether oxygens (including phenoxy) is 1. The van der Waals surface area contributed by atoms with Crippen molar-refractivity contribution in [3.05, 3.63) is 54.1 Å². The standard InChI is InChI=1S/C15H14O5P/c1-2-18-15(16)11-8-9-13-14(10-11)20-21(17,19-13)12-6-4-3-5-7-12/h3-10,17H,2H2,1H3/q+1. The summed E-state index contributed by atoms with van der Waals surface area (Å²) in [4.78, 5) is 22.3. The molecular formula is C15H14O5P+. The zero-order valence-electron chi connectivity index (χ0n) is 11.4. The minimum atomic E-state index is -3.17. The van der Waals surface area contributed by atoms with Gasteiger partial charge in [0, 0.05) is 6.07 Å². The van der Waals surface area contributed by atoms with Crippen LogP contribution in [0, 0.1) is 0 Å². The van der Waals surface area contributed by atoms with Gasteiger partial charge in [0.25, 0.3) is 0 Å². The van der Waals surface area contributed by atoms with Gasteiger partial charge in [0.1, 0.15) is 0 Å². The van der Waals surface area contributed by atoms with Crippen LogP contribution in [0.3, 0.4) is 0 Å². The Balaban J connectivity index is 1.89. The number of rotatable bonds is 3. The molecular weight excluding hydrogens is 291 g/mol. The molecule has 21 heavy (non-hydrogen) atoms. The zero-order valence-corrected chi connectivity index (χ0v) is 12.2. The summed E-state index contributed by atoms with van der Waals surface area (Å²) in [5.74, 6) is 0.334. The Morgan fingerprint density at radius 2 is 1.86 bits per heavy atom. The molecule has 0 aliphatic carbocycles. The van der Waals surface area contributed by atoms with Gasteiger partial charge >= 0.3 is 13.9 Å². The Hall–Kier alpha value is -2.10. The van der Waals surface area contributed by atoms with Crippen molar-refractivity contribution in [3.8, 4) is 11.5 Å². The van der Waals surface area contributed by atoms with E-state index in [2.05, 4.69) is 0 Å². The van der Waals surface area contributed by atoms with E-state index >= 15 is 0 Å². The van der Waals surface area contributed by atoms with Crippen LogP contribution in [0.1, 0.15) is 17.3 Å². The van der Waals surface area contributed by atoms with Gasteiger partial charge in [-0.05, 0) is 31.2 Å². The van der Waals surface area contributed by atoms with E-state index in [1.807, 2.05) is 6.07 Å². The van der Waals surface area contributed by atoms with Gasteiger partial charge < -0.3 is 4.74 Å². The van der Waals surface area contributed by atoms with Crippen LogP contribution < -0.4 is 14.4 Å².